The summed E-state index contributed by atoms with van der Waals surface area (Å²) in [4.78, 5) is 27.2. The van der Waals surface area contributed by atoms with Gasteiger partial charge in [-0.1, -0.05) is 54.7 Å². The van der Waals surface area contributed by atoms with E-state index < -0.39 is 0 Å². The molecule has 0 aliphatic heterocycles. The van der Waals surface area contributed by atoms with Gasteiger partial charge < -0.3 is 4.90 Å². The SMILES string of the molecule is C=CCCC(=O)N(Cc1ccc(C(=O)Nc2nn[nH]n2)cc1)c1ccc(C2CCCCC2)cc1. The van der Waals surface area contributed by atoms with Crippen molar-refractivity contribution in [3.63, 3.8) is 0 Å². The number of carbonyl (C=O) groups is 2. The van der Waals surface area contributed by atoms with Crippen LogP contribution in [0.25, 0.3) is 0 Å². The Labute approximate surface area is 199 Å². The van der Waals surface area contributed by atoms with Crippen LogP contribution in [0.2, 0.25) is 0 Å². The number of nitrogens with one attached hydrogen (secondary N) is 2. The number of rotatable bonds is 9. The molecule has 1 heterocycles. The number of hydrogen-bond donors (Lipinski definition) is 2. The summed E-state index contributed by atoms with van der Waals surface area (Å²) in [5, 5.41) is 15.7. The molecule has 2 N–H and O–H groups in total. The van der Waals surface area contributed by atoms with Gasteiger partial charge in [0.2, 0.25) is 5.91 Å². The normalized spacial score (nSPS) is 13.9. The monoisotopic (exact) mass is 458 g/mol. The third-order valence-corrected chi connectivity index (χ3v) is 6.27. The van der Waals surface area contributed by atoms with Crippen LogP contribution in [0.1, 0.15) is 72.3 Å². The number of amides is 2. The number of tetrazole rings is 1. The van der Waals surface area contributed by atoms with E-state index in [0.29, 0.717) is 30.9 Å². The molecule has 176 valence electrons. The summed E-state index contributed by atoms with van der Waals surface area (Å²) in [7, 11) is 0. The zero-order valence-electron chi connectivity index (χ0n) is 19.2. The molecule has 0 spiro atoms. The van der Waals surface area contributed by atoms with Crippen LogP contribution in [-0.2, 0) is 11.3 Å². The van der Waals surface area contributed by atoms with E-state index >= 15 is 0 Å². The number of hydrogen-bond acceptors (Lipinski definition) is 5. The smallest absolute Gasteiger partial charge is 0.270 e. The molecule has 2 aromatic carbocycles. The third kappa shape index (κ3) is 5.95. The molecule has 0 radical (unpaired) electrons. The van der Waals surface area contributed by atoms with Crippen molar-refractivity contribution in [1.82, 2.24) is 20.6 Å². The molecule has 0 atom stereocenters. The van der Waals surface area contributed by atoms with Crippen LogP contribution in [0.5, 0.6) is 0 Å². The summed E-state index contributed by atoms with van der Waals surface area (Å²) in [6.07, 6.45) is 9.20. The van der Waals surface area contributed by atoms with E-state index in [1.807, 2.05) is 17.0 Å². The zero-order chi connectivity index (χ0) is 23.8. The lowest BCUT2D eigenvalue weighted by atomic mass is 9.84. The number of H-pyrrole nitrogens is 1. The Hall–Kier alpha value is -3.81. The summed E-state index contributed by atoms with van der Waals surface area (Å²) in [6, 6.07) is 15.6. The lowest BCUT2D eigenvalue weighted by molar-refractivity contribution is -0.118. The fourth-order valence-electron chi connectivity index (χ4n) is 4.38. The maximum atomic E-state index is 13.0. The molecule has 0 bridgehead atoms. The molecule has 0 saturated heterocycles. The molecule has 4 rings (SSSR count). The van der Waals surface area contributed by atoms with Crippen molar-refractivity contribution in [3.05, 3.63) is 77.9 Å². The molecule has 1 fully saturated rings. The Bertz CT molecular complexity index is 1090. The van der Waals surface area contributed by atoms with E-state index in [4.69, 9.17) is 0 Å². The first-order valence-corrected chi connectivity index (χ1v) is 11.8. The van der Waals surface area contributed by atoms with Crippen molar-refractivity contribution in [2.24, 2.45) is 0 Å². The zero-order valence-corrected chi connectivity index (χ0v) is 19.2. The molecular formula is C26H30N6O2. The predicted molar refractivity (Wildman–Crippen MR) is 131 cm³/mol. The van der Waals surface area contributed by atoms with E-state index in [1.54, 1.807) is 18.2 Å². The van der Waals surface area contributed by atoms with E-state index in [9.17, 15) is 9.59 Å². The van der Waals surface area contributed by atoms with Gasteiger partial charge in [0.05, 0.1) is 6.54 Å². The minimum absolute atomic E-state index is 0.0456. The average Bonchev–Trinajstić information content (AvgIpc) is 3.40. The molecule has 1 aliphatic carbocycles. The molecule has 8 heteroatoms. The highest BCUT2D eigenvalue weighted by molar-refractivity contribution is 6.03. The van der Waals surface area contributed by atoms with Crippen molar-refractivity contribution >= 4 is 23.5 Å². The average molecular weight is 459 g/mol. The molecule has 2 amide bonds. The van der Waals surface area contributed by atoms with Crippen molar-refractivity contribution in [1.29, 1.82) is 0 Å². The van der Waals surface area contributed by atoms with Crippen LogP contribution in [-0.4, -0.2) is 32.4 Å². The second kappa shape index (κ2) is 11.4. The maximum absolute atomic E-state index is 13.0. The topological polar surface area (TPSA) is 104 Å². The summed E-state index contributed by atoms with van der Waals surface area (Å²) >= 11 is 0. The minimum Gasteiger partial charge on any atom is -0.308 e. The Kier molecular flexibility index (Phi) is 7.80. The fourth-order valence-corrected chi connectivity index (χ4v) is 4.38. The number of anilines is 2. The predicted octanol–water partition coefficient (Wildman–Crippen LogP) is 5.00. The fraction of sp³-hybridized carbons (Fsp3) is 0.346. The van der Waals surface area contributed by atoms with Gasteiger partial charge in [-0.3, -0.25) is 14.9 Å². The first-order valence-electron chi connectivity index (χ1n) is 11.8. The number of benzene rings is 2. The van der Waals surface area contributed by atoms with Gasteiger partial charge in [-0.2, -0.15) is 5.21 Å². The van der Waals surface area contributed by atoms with Crippen molar-refractivity contribution in [2.75, 3.05) is 10.2 Å². The molecular weight excluding hydrogens is 428 g/mol. The number of aromatic amines is 1. The molecule has 0 unspecified atom stereocenters. The van der Waals surface area contributed by atoms with E-state index in [1.165, 1.54) is 37.7 Å². The molecule has 3 aromatic rings. The molecule has 34 heavy (non-hydrogen) atoms. The van der Waals surface area contributed by atoms with E-state index in [-0.39, 0.29) is 17.8 Å². The van der Waals surface area contributed by atoms with Crippen LogP contribution >= 0.6 is 0 Å². The van der Waals surface area contributed by atoms with Crippen molar-refractivity contribution < 1.29 is 9.59 Å². The van der Waals surface area contributed by atoms with Crippen molar-refractivity contribution in [2.45, 2.75) is 57.4 Å². The van der Waals surface area contributed by atoms with Gasteiger partial charge in [-0.25, -0.2) is 0 Å². The van der Waals surface area contributed by atoms with E-state index in [0.717, 1.165) is 11.3 Å². The third-order valence-electron chi connectivity index (χ3n) is 6.27. The first kappa shape index (κ1) is 23.4. The highest BCUT2D eigenvalue weighted by atomic mass is 16.2. The summed E-state index contributed by atoms with van der Waals surface area (Å²) in [5.74, 6) is 0.456. The van der Waals surface area contributed by atoms with Gasteiger partial charge in [0.1, 0.15) is 0 Å². The van der Waals surface area contributed by atoms with Gasteiger partial charge in [-0.05, 0) is 65.8 Å². The van der Waals surface area contributed by atoms with Gasteiger partial charge in [-0.15, -0.1) is 11.7 Å². The largest absolute Gasteiger partial charge is 0.308 e. The second-order valence-electron chi connectivity index (χ2n) is 8.62. The summed E-state index contributed by atoms with van der Waals surface area (Å²) in [5.41, 5.74) is 3.64. The van der Waals surface area contributed by atoms with Gasteiger partial charge in [0.15, 0.2) is 0 Å². The maximum Gasteiger partial charge on any atom is 0.270 e. The van der Waals surface area contributed by atoms with Crippen LogP contribution in [0.3, 0.4) is 0 Å². The quantitative estimate of drug-likeness (QED) is 0.439. The lowest BCUT2D eigenvalue weighted by Crippen LogP contribution is -2.30. The van der Waals surface area contributed by atoms with Crippen LogP contribution in [0.4, 0.5) is 11.6 Å². The Morgan fingerprint density at radius 3 is 2.44 bits per heavy atom. The van der Waals surface area contributed by atoms with Gasteiger partial charge in [0, 0.05) is 17.7 Å². The highest BCUT2D eigenvalue weighted by Crippen LogP contribution is 2.33. The minimum atomic E-state index is -0.329. The first-order chi connectivity index (χ1) is 16.6. The Morgan fingerprint density at radius 2 is 1.79 bits per heavy atom. The summed E-state index contributed by atoms with van der Waals surface area (Å²) < 4.78 is 0. The van der Waals surface area contributed by atoms with Gasteiger partial charge in [0.25, 0.3) is 11.9 Å². The summed E-state index contributed by atoms with van der Waals surface area (Å²) in [6.45, 7) is 4.16. The van der Waals surface area contributed by atoms with Crippen LogP contribution < -0.4 is 10.2 Å². The van der Waals surface area contributed by atoms with Crippen LogP contribution in [0, 0.1) is 0 Å². The molecule has 1 saturated carbocycles. The molecule has 1 aromatic heterocycles. The van der Waals surface area contributed by atoms with Crippen molar-refractivity contribution in [3.8, 4) is 0 Å². The van der Waals surface area contributed by atoms with E-state index in [2.05, 4.69) is 56.8 Å². The highest BCUT2D eigenvalue weighted by Gasteiger charge is 2.19. The lowest BCUT2D eigenvalue weighted by Gasteiger charge is -2.25. The Morgan fingerprint density at radius 1 is 1.06 bits per heavy atom. The molecule has 8 nitrogen and oxygen atoms in total. The number of nitrogens with zero attached hydrogens (tertiary/aromatic N) is 4. The molecule has 1 aliphatic rings. The Balaban J connectivity index is 1.48. The number of aromatic nitrogens is 4. The number of carbonyl (C=O) groups excluding carboxylic acids is 2. The second-order valence-corrected chi connectivity index (χ2v) is 8.62. The standard InChI is InChI=1S/C26H30N6O2/c1-2-3-9-24(33)32(23-16-14-21(15-17-23)20-7-5-4-6-8-20)18-19-10-12-22(13-11-19)25(34)27-26-28-30-31-29-26/h2,10-17,20H,1,3-9,18H2,(H2,27,28,29,30,31,34). The number of allylic oxidation sites excluding steroid dienone is 1. The van der Waals surface area contributed by atoms with Gasteiger partial charge >= 0.3 is 0 Å². The van der Waals surface area contributed by atoms with Crippen LogP contribution in [0.15, 0.2) is 61.2 Å².